The molecule has 0 bridgehead atoms. The van der Waals surface area contributed by atoms with Crippen molar-refractivity contribution in [3.63, 3.8) is 0 Å². The molecule has 2 nitrogen and oxygen atoms in total. The minimum atomic E-state index is -0.235. The van der Waals surface area contributed by atoms with Crippen molar-refractivity contribution >= 4 is 15.9 Å². The summed E-state index contributed by atoms with van der Waals surface area (Å²) < 4.78 is 19.5. The first-order valence-corrected chi connectivity index (χ1v) is 5.55. The Morgan fingerprint density at radius 3 is 2.67 bits per heavy atom. The average molecular weight is 276 g/mol. The van der Waals surface area contributed by atoms with Gasteiger partial charge in [0.15, 0.2) is 0 Å². The molecule has 15 heavy (non-hydrogen) atoms. The highest BCUT2D eigenvalue weighted by molar-refractivity contribution is 9.10. The molecule has 0 spiro atoms. The lowest BCUT2D eigenvalue weighted by molar-refractivity contribution is 0.0844. The highest BCUT2D eigenvalue weighted by Crippen LogP contribution is 2.26. The maximum absolute atomic E-state index is 13.8. The van der Waals surface area contributed by atoms with Crippen molar-refractivity contribution in [3.05, 3.63) is 34.1 Å². The van der Waals surface area contributed by atoms with Crippen LogP contribution in [0.25, 0.3) is 0 Å². The molecule has 0 amide bonds. The summed E-state index contributed by atoms with van der Waals surface area (Å²) in [5.74, 6) is -0.235. The minimum absolute atomic E-state index is 0.0844. The normalized spacial score (nSPS) is 15.0. The third-order valence-electron chi connectivity index (χ3n) is 2.47. The van der Waals surface area contributed by atoms with E-state index in [9.17, 15) is 4.39 Å². The third-order valence-corrected chi connectivity index (χ3v) is 3.08. The molecule has 0 saturated carbocycles. The van der Waals surface area contributed by atoms with E-state index in [-0.39, 0.29) is 18.0 Å². The molecule has 0 saturated heterocycles. The Labute approximate surface area is 98.0 Å². The van der Waals surface area contributed by atoms with Crippen LogP contribution in [0, 0.1) is 5.82 Å². The Morgan fingerprint density at radius 1 is 1.47 bits per heavy atom. The van der Waals surface area contributed by atoms with Gasteiger partial charge in [-0.15, -0.1) is 0 Å². The minimum Gasteiger partial charge on any atom is -0.380 e. The van der Waals surface area contributed by atoms with Crippen molar-refractivity contribution < 1.29 is 9.13 Å². The van der Waals surface area contributed by atoms with E-state index in [1.807, 2.05) is 13.0 Å². The molecule has 1 N–H and O–H groups in total. The molecule has 2 unspecified atom stereocenters. The second-order valence-electron chi connectivity index (χ2n) is 3.35. The fourth-order valence-electron chi connectivity index (χ4n) is 1.54. The van der Waals surface area contributed by atoms with E-state index in [0.717, 1.165) is 0 Å². The van der Waals surface area contributed by atoms with E-state index in [4.69, 9.17) is 4.74 Å². The fraction of sp³-hybridized carbons (Fsp3) is 0.455. The molecule has 0 aliphatic rings. The lowest BCUT2D eigenvalue weighted by Gasteiger charge is -2.23. The van der Waals surface area contributed by atoms with Gasteiger partial charge in [-0.2, -0.15) is 0 Å². The summed E-state index contributed by atoms with van der Waals surface area (Å²) in [4.78, 5) is 0. The maximum atomic E-state index is 13.8. The van der Waals surface area contributed by atoms with Crippen LogP contribution in [0.3, 0.4) is 0 Å². The molecule has 84 valence electrons. The van der Waals surface area contributed by atoms with E-state index in [0.29, 0.717) is 10.0 Å². The van der Waals surface area contributed by atoms with Crippen molar-refractivity contribution in [2.24, 2.45) is 0 Å². The summed E-state index contributed by atoms with van der Waals surface area (Å²) in [5, 5.41) is 3.05. The largest absolute Gasteiger partial charge is 0.380 e. The SMILES string of the molecule is CNC(c1cccc(Br)c1F)C(C)OC. The second kappa shape index (κ2) is 5.58. The van der Waals surface area contributed by atoms with Gasteiger partial charge in [0, 0.05) is 12.7 Å². The van der Waals surface area contributed by atoms with Gasteiger partial charge < -0.3 is 10.1 Å². The maximum Gasteiger partial charge on any atom is 0.142 e. The number of benzene rings is 1. The Morgan fingerprint density at radius 2 is 2.13 bits per heavy atom. The number of rotatable bonds is 4. The number of likely N-dealkylation sites (N-methyl/N-ethyl adjacent to an activating group) is 1. The van der Waals surface area contributed by atoms with Crippen molar-refractivity contribution in [2.75, 3.05) is 14.2 Å². The molecule has 2 atom stereocenters. The molecule has 1 aromatic carbocycles. The molecule has 1 rings (SSSR count). The Kier molecular flexibility index (Phi) is 4.70. The van der Waals surface area contributed by atoms with E-state index in [2.05, 4.69) is 21.2 Å². The summed E-state index contributed by atoms with van der Waals surface area (Å²) in [6.45, 7) is 1.90. The molecular formula is C11H15BrFNO. The van der Waals surface area contributed by atoms with Crippen LogP contribution in [0.1, 0.15) is 18.5 Å². The van der Waals surface area contributed by atoms with Crippen LogP contribution in [-0.4, -0.2) is 20.3 Å². The van der Waals surface area contributed by atoms with E-state index in [1.165, 1.54) is 0 Å². The van der Waals surface area contributed by atoms with Crippen LogP contribution in [0.15, 0.2) is 22.7 Å². The zero-order valence-electron chi connectivity index (χ0n) is 9.05. The number of hydrogen-bond acceptors (Lipinski definition) is 2. The highest BCUT2D eigenvalue weighted by Gasteiger charge is 2.21. The fourth-order valence-corrected chi connectivity index (χ4v) is 1.92. The molecule has 0 aliphatic carbocycles. The standard InChI is InChI=1S/C11H15BrFNO/c1-7(15-3)11(14-2)8-5-4-6-9(12)10(8)13/h4-7,11,14H,1-3H3. The number of hydrogen-bond donors (Lipinski definition) is 1. The van der Waals surface area contributed by atoms with E-state index < -0.39 is 0 Å². The monoisotopic (exact) mass is 275 g/mol. The molecule has 0 heterocycles. The van der Waals surface area contributed by atoms with Crippen LogP contribution < -0.4 is 5.32 Å². The zero-order chi connectivity index (χ0) is 11.4. The van der Waals surface area contributed by atoms with Gasteiger partial charge in [0.05, 0.1) is 16.6 Å². The van der Waals surface area contributed by atoms with Gasteiger partial charge in [0.25, 0.3) is 0 Å². The summed E-state index contributed by atoms with van der Waals surface area (Å²) in [5.41, 5.74) is 0.612. The van der Waals surface area contributed by atoms with Gasteiger partial charge in [-0.25, -0.2) is 4.39 Å². The summed E-state index contributed by atoms with van der Waals surface area (Å²) in [6.07, 6.45) is -0.0844. The van der Waals surface area contributed by atoms with Crippen molar-refractivity contribution in [1.82, 2.24) is 5.32 Å². The predicted octanol–water partition coefficient (Wildman–Crippen LogP) is 2.88. The van der Waals surface area contributed by atoms with E-state index >= 15 is 0 Å². The van der Waals surface area contributed by atoms with Gasteiger partial charge in [-0.05, 0) is 36.0 Å². The van der Waals surface area contributed by atoms with Gasteiger partial charge in [0.1, 0.15) is 5.82 Å². The first-order valence-electron chi connectivity index (χ1n) is 4.75. The topological polar surface area (TPSA) is 21.3 Å². The first-order chi connectivity index (χ1) is 7.11. The number of halogens is 2. The number of methoxy groups -OCH3 is 1. The summed E-state index contributed by atoms with van der Waals surface area (Å²) in [6, 6.07) is 5.11. The summed E-state index contributed by atoms with van der Waals surface area (Å²) >= 11 is 3.17. The molecule has 0 aliphatic heterocycles. The van der Waals surface area contributed by atoms with Gasteiger partial charge in [-0.1, -0.05) is 12.1 Å². The summed E-state index contributed by atoms with van der Waals surface area (Å²) in [7, 11) is 3.41. The molecule has 4 heteroatoms. The van der Waals surface area contributed by atoms with Crippen LogP contribution in [0.2, 0.25) is 0 Å². The molecule has 0 fully saturated rings. The van der Waals surface area contributed by atoms with Gasteiger partial charge >= 0.3 is 0 Å². The highest BCUT2D eigenvalue weighted by atomic mass is 79.9. The Hall–Kier alpha value is -0.450. The van der Waals surface area contributed by atoms with Crippen LogP contribution >= 0.6 is 15.9 Å². The van der Waals surface area contributed by atoms with Crippen molar-refractivity contribution in [3.8, 4) is 0 Å². The van der Waals surface area contributed by atoms with Crippen LogP contribution in [0.5, 0.6) is 0 Å². The molecule has 1 aromatic rings. The quantitative estimate of drug-likeness (QED) is 0.913. The second-order valence-corrected chi connectivity index (χ2v) is 4.20. The molecular weight excluding hydrogens is 261 g/mol. The van der Waals surface area contributed by atoms with Gasteiger partial charge in [0.2, 0.25) is 0 Å². The lowest BCUT2D eigenvalue weighted by Crippen LogP contribution is -2.29. The molecule has 0 aromatic heterocycles. The average Bonchev–Trinajstić information content (AvgIpc) is 2.24. The number of ether oxygens (including phenoxy) is 1. The predicted molar refractivity (Wildman–Crippen MR) is 62.4 cm³/mol. The lowest BCUT2D eigenvalue weighted by atomic mass is 10.0. The van der Waals surface area contributed by atoms with Crippen LogP contribution in [-0.2, 0) is 4.74 Å². The smallest absolute Gasteiger partial charge is 0.142 e. The first kappa shape index (κ1) is 12.6. The van der Waals surface area contributed by atoms with E-state index in [1.54, 1.807) is 26.3 Å². The third kappa shape index (κ3) is 2.77. The van der Waals surface area contributed by atoms with Crippen LogP contribution in [0.4, 0.5) is 4.39 Å². The van der Waals surface area contributed by atoms with Crippen molar-refractivity contribution in [2.45, 2.75) is 19.1 Å². The van der Waals surface area contributed by atoms with Gasteiger partial charge in [-0.3, -0.25) is 0 Å². The Bertz CT molecular complexity index is 332. The number of nitrogens with one attached hydrogen (secondary N) is 1. The Balaban J connectivity index is 3.07. The van der Waals surface area contributed by atoms with Crippen molar-refractivity contribution in [1.29, 1.82) is 0 Å². The molecule has 0 radical (unpaired) electrons. The zero-order valence-corrected chi connectivity index (χ0v) is 10.6.